The number of nitriles is 1. The van der Waals surface area contributed by atoms with Gasteiger partial charge in [0, 0.05) is 23.7 Å². The van der Waals surface area contributed by atoms with E-state index in [0.717, 1.165) is 18.4 Å². The third-order valence-corrected chi connectivity index (χ3v) is 3.32. The van der Waals surface area contributed by atoms with Crippen LogP contribution in [-0.2, 0) is 0 Å². The lowest BCUT2D eigenvalue weighted by Crippen LogP contribution is -2.09. The Balaban J connectivity index is 2.56. The van der Waals surface area contributed by atoms with Crippen molar-refractivity contribution in [2.75, 3.05) is 7.05 Å². The average molecular weight is 290 g/mol. The summed E-state index contributed by atoms with van der Waals surface area (Å²) >= 11 is 6.14. The molecule has 0 bridgehead atoms. The van der Waals surface area contributed by atoms with Crippen molar-refractivity contribution in [3.8, 4) is 11.8 Å². The number of aliphatic imine (C=N–C) groups is 1. The number of hydrogen-bond donors (Lipinski definition) is 1. The van der Waals surface area contributed by atoms with Gasteiger partial charge in [0.15, 0.2) is 0 Å². The van der Waals surface area contributed by atoms with Crippen LogP contribution >= 0.6 is 11.6 Å². The zero-order valence-electron chi connectivity index (χ0n) is 11.5. The van der Waals surface area contributed by atoms with Gasteiger partial charge in [0.05, 0.1) is 11.8 Å². The number of ether oxygens (including phenoxy) is 1. The molecule has 0 spiro atoms. The molecule has 0 unspecified atom stereocenters. The first-order valence-corrected chi connectivity index (χ1v) is 6.74. The number of rotatable bonds is 4. The Labute approximate surface area is 123 Å². The van der Waals surface area contributed by atoms with Crippen molar-refractivity contribution in [3.05, 3.63) is 40.1 Å². The van der Waals surface area contributed by atoms with E-state index in [-0.39, 0.29) is 6.10 Å². The van der Waals surface area contributed by atoms with E-state index in [4.69, 9.17) is 22.1 Å². The van der Waals surface area contributed by atoms with Gasteiger partial charge in [-0.15, -0.1) is 0 Å². The largest absolute Gasteiger partial charge is 0.489 e. The first-order chi connectivity index (χ1) is 9.60. The number of benzene rings is 1. The highest BCUT2D eigenvalue weighted by Crippen LogP contribution is 2.33. The lowest BCUT2D eigenvalue weighted by molar-refractivity contribution is 0.302. The van der Waals surface area contributed by atoms with Crippen LogP contribution in [0, 0.1) is 11.3 Å². The predicted octanol–water partition coefficient (Wildman–Crippen LogP) is 3.03. The van der Waals surface area contributed by atoms with Crippen LogP contribution < -0.4 is 10.5 Å². The Bertz CT molecular complexity index is 625. The van der Waals surface area contributed by atoms with Gasteiger partial charge < -0.3 is 10.5 Å². The van der Waals surface area contributed by atoms with Crippen molar-refractivity contribution in [2.45, 2.75) is 25.9 Å². The predicted molar refractivity (Wildman–Crippen MR) is 80.2 cm³/mol. The fourth-order valence-corrected chi connectivity index (χ4v) is 2.14. The van der Waals surface area contributed by atoms with Crippen molar-refractivity contribution in [1.82, 2.24) is 0 Å². The number of hydrogen-bond acceptors (Lipinski definition) is 4. The number of nitrogens with zero attached hydrogens (tertiary/aromatic N) is 2. The second-order valence-electron chi connectivity index (χ2n) is 4.68. The van der Waals surface area contributed by atoms with Crippen LogP contribution in [-0.4, -0.2) is 18.9 Å². The van der Waals surface area contributed by atoms with Crippen molar-refractivity contribution < 1.29 is 4.74 Å². The van der Waals surface area contributed by atoms with Gasteiger partial charge in [0.2, 0.25) is 0 Å². The molecule has 104 valence electrons. The van der Waals surface area contributed by atoms with E-state index < -0.39 is 0 Å². The molecule has 20 heavy (non-hydrogen) atoms. The van der Waals surface area contributed by atoms with Gasteiger partial charge in [-0.25, -0.2) is 0 Å². The maximum absolute atomic E-state index is 9.44. The van der Waals surface area contributed by atoms with E-state index in [1.54, 1.807) is 19.2 Å². The summed E-state index contributed by atoms with van der Waals surface area (Å²) in [6, 6.07) is 5.58. The van der Waals surface area contributed by atoms with E-state index >= 15 is 0 Å². The van der Waals surface area contributed by atoms with Gasteiger partial charge >= 0.3 is 0 Å². The lowest BCUT2D eigenvalue weighted by atomic mass is 9.98. The number of allylic oxidation sites excluding steroid dienone is 1. The standard InChI is InChI=1S/C15H16ClN3O/c1-9(7-17)15(19-2)12-5-10(16)6-14(13(12)8-18)20-11-3-4-11/h5-7,11H,3-4,17H2,1-2H3. The first kappa shape index (κ1) is 14.4. The topological polar surface area (TPSA) is 71.4 Å². The summed E-state index contributed by atoms with van der Waals surface area (Å²) in [7, 11) is 1.66. The molecule has 1 fully saturated rings. The molecule has 2 N–H and O–H groups in total. The van der Waals surface area contributed by atoms with Crippen molar-refractivity contribution in [1.29, 1.82) is 5.26 Å². The van der Waals surface area contributed by atoms with E-state index in [0.29, 0.717) is 27.6 Å². The monoisotopic (exact) mass is 289 g/mol. The minimum Gasteiger partial charge on any atom is -0.489 e. The van der Waals surface area contributed by atoms with Crippen LogP contribution in [0.2, 0.25) is 5.02 Å². The zero-order chi connectivity index (χ0) is 14.7. The van der Waals surface area contributed by atoms with Gasteiger partial charge in [-0.1, -0.05) is 11.6 Å². The van der Waals surface area contributed by atoms with Crippen LogP contribution in [0.25, 0.3) is 0 Å². The second-order valence-corrected chi connectivity index (χ2v) is 5.11. The molecule has 2 rings (SSSR count). The van der Waals surface area contributed by atoms with Crippen molar-refractivity contribution >= 4 is 17.3 Å². The molecule has 1 aromatic carbocycles. The quantitative estimate of drug-likeness (QED) is 0.866. The molecule has 0 atom stereocenters. The van der Waals surface area contributed by atoms with Crippen LogP contribution in [0.4, 0.5) is 0 Å². The van der Waals surface area contributed by atoms with Crippen LogP contribution in [0.5, 0.6) is 5.75 Å². The molecule has 0 saturated heterocycles. The lowest BCUT2D eigenvalue weighted by Gasteiger charge is -2.13. The number of halogens is 1. The summed E-state index contributed by atoms with van der Waals surface area (Å²) in [5.74, 6) is 0.517. The molecule has 1 aliphatic carbocycles. The molecule has 1 aliphatic rings. The molecule has 0 radical (unpaired) electrons. The van der Waals surface area contributed by atoms with Gasteiger partial charge in [0.1, 0.15) is 17.4 Å². The highest BCUT2D eigenvalue weighted by atomic mass is 35.5. The first-order valence-electron chi connectivity index (χ1n) is 6.37. The Hall–Kier alpha value is -1.99. The molecule has 5 heteroatoms. The fraction of sp³-hybridized carbons (Fsp3) is 0.333. The smallest absolute Gasteiger partial charge is 0.139 e. The summed E-state index contributed by atoms with van der Waals surface area (Å²) in [6.07, 6.45) is 3.69. The third-order valence-electron chi connectivity index (χ3n) is 3.10. The molecule has 0 amide bonds. The molecule has 0 aromatic heterocycles. The summed E-state index contributed by atoms with van der Waals surface area (Å²) in [6.45, 7) is 1.84. The molecule has 0 aliphatic heterocycles. The highest BCUT2D eigenvalue weighted by Gasteiger charge is 2.26. The second kappa shape index (κ2) is 5.98. The fourth-order valence-electron chi connectivity index (χ4n) is 1.93. The van der Waals surface area contributed by atoms with Crippen LogP contribution in [0.1, 0.15) is 30.9 Å². The molecular formula is C15H16ClN3O. The number of nitrogens with two attached hydrogens (primary N) is 1. The minimum atomic E-state index is 0.196. The van der Waals surface area contributed by atoms with E-state index in [1.807, 2.05) is 6.92 Å². The Morgan fingerprint density at radius 2 is 2.25 bits per heavy atom. The molecule has 0 heterocycles. The summed E-state index contributed by atoms with van der Waals surface area (Å²) in [4.78, 5) is 4.22. The summed E-state index contributed by atoms with van der Waals surface area (Å²) < 4.78 is 5.76. The van der Waals surface area contributed by atoms with E-state index in [1.165, 1.54) is 6.20 Å². The Kier molecular flexibility index (Phi) is 4.31. The average Bonchev–Trinajstić information content (AvgIpc) is 3.23. The van der Waals surface area contributed by atoms with Gasteiger partial charge in [-0.2, -0.15) is 5.26 Å². The van der Waals surface area contributed by atoms with Crippen LogP contribution in [0.15, 0.2) is 28.9 Å². The third kappa shape index (κ3) is 2.94. The normalized spacial score (nSPS) is 15.9. The van der Waals surface area contributed by atoms with E-state index in [2.05, 4.69) is 11.1 Å². The maximum Gasteiger partial charge on any atom is 0.139 e. The minimum absolute atomic E-state index is 0.196. The van der Waals surface area contributed by atoms with Gasteiger partial charge in [0.25, 0.3) is 0 Å². The zero-order valence-corrected chi connectivity index (χ0v) is 12.2. The molecule has 4 nitrogen and oxygen atoms in total. The Morgan fingerprint density at radius 1 is 1.55 bits per heavy atom. The molecular weight excluding hydrogens is 274 g/mol. The molecule has 1 aromatic rings. The summed E-state index contributed by atoms with van der Waals surface area (Å²) in [5.41, 5.74) is 8.08. The highest BCUT2D eigenvalue weighted by molar-refractivity contribution is 6.31. The maximum atomic E-state index is 9.44. The van der Waals surface area contributed by atoms with Gasteiger partial charge in [-0.3, -0.25) is 4.99 Å². The van der Waals surface area contributed by atoms with Crippen molar-refractivity contribution in [2.24, 2.45) is 10.7 Å². The van der Waals surface area contributed by atoms with Gasteiger partial charge in [-0.05, 0) is 37.6 Å². The SMILES string of the molecule is CN=C(C(C)=CN)c1cc(Cl)cc(OC2CC2)c1C#N. The van der Waals surface area contributed by atoms with E-state index in [9.17, 15) is 5.26 Å². The summed E-state index contributed by atoms with van der Waals surface area (Å²) in [5, 5.41) is 9.96. The van der Waals surface area contributed by atoms with Crippen molar-refractivity contribution in [3.63, 3.8) is 0 Å². The molecule has 1 saturated carbocycles. The van der Waals surface area contributed by atoms with Crippen LogP contribution in [0.3, 0.4) is 0 Å². The Morgan fingerprint density at radius 3 is 2.75 bits per heavy atom.